The average Bonchev–Trinajstić information content (AvgIpc) is 2.42. The minimum atomic E-state index is -0.644. The highest BCUT2D eigenvalue weighted by molar-refractivity contribution is 9.10. The number of ether oxygens (including phenoxy) is 1. The molecule has 0 spiro atoms. The van der Waals surface area contributed by atoms with Crippen molar-refractivity contribution in [2.45, 2.75) is 12.5 Å². The number of ketones is 1. The van der Waals surface area contributed by atoms with Gasteiger partial charge in [0.25, 0.3) is 0 Å². The molecule has 0 bridgehead atoms. The molecular formula is C15H9BrClFO2. The molecular weight excluding hydrogens is 347 g/mol. The lowest BCUT2D eigenvalue weighted by Gasteiger charge is -2.26. The largest absolute Gasteiger partial charge is 0.484 e. The summed E-state index contributed by atoms with van der Waals surface area (Å²) in [5.74, 6) is -0.0292. The molecule has 2 aromatic rings. The van der Waals surface area contributed by atoms with Crippen molar-refractivity contribution >= 4 is 33.3 Å². The van der Waals surface area contributed by atoms with E-state index in [9.17, 15) is 9.18 Å². The molecule has 2 nitrogen and oxygen atoms in total. The van der Waals surface area contributed by atoms with Crippen molar-refractivity contribution in [2.75, 3.05) is 0 Å². The van der Waals surface area contributed by atoms with Gasteiger partial charge < -0.3 is 4.74 Å². The lowest BCUT2D eigenvalue weighted by molar-refractivity contribution is 0.0845. The van der Waals surface area contributed by atoms with Gasteiger partial charge in [-0.3, -0.25) is 4.79 Å². The fourth-order valence-corrected chi connectivity index (χ4v) is 2.77. The normalized spacial score (nSPS) is 17.6. The number of halogens is 3. The zero-order valence-electron chi connectivity index (χ0n) is 10.2. The smallest absolute Gasteiger partial charge is 0.170 e. The van der Waals surface area contributed by atoms with Gasteiger partial charge in [0, 0.05) is 15.1 Å². The molecule has 0 amide bonds. The third-order valence-electron chi connectivity index (χ3n) is 3.19. The molecule has 1 aliphatic heterocycles. The zero-order chi connectivity index (χ0) is 14.3. The molecule has 0 aliphatic carbocycles. The molecule has 1 aliphatic rings. The van der Waals surface area contributed by atoms with Crippen LogP contribution in [0.3, 0.4) is 0 Å². The summed E-state index contributed by atoms with van der Waals surface area (Å²) in [6, 6.07) is 9.44. The van der Waals surface area contributed by atoms with E-state index in [2.05, 4.69) is 15.9 Å². The average molecular weight is 356 g/mol. The van der Waals surface area contributed by atoms with Gasteiger partial charge >= 0.3 is 0 Å². The number of hydrogen-bond donors (Lipinski definition) is 0. The first-order valence-corrected chi connectivity index (χ1v) is 7.16. The summed E-state index contributed by atoms with van der Waals surface area (Å²) in [7, 11) is 0. The van der Waals surface area contributed by atoms with E-state index in [0.717, 1.165) is 4.47 Å². The SMILES string of the molecule is O=C1CC(c2cc(Cl)ccc2F)Oc2ccc(Br)cc21. The van der Waals surface area contributed by atoms with Crippen LogP contribution < -0.4 is 4.74 Å². The minimum Gasteiger partial charge on any atom is -0.484 e. The van der Waals surface area contributed by atoms with Crippen LogP contribution in [0.4, 0.5) is 4.39 Å². The zero-order valence-corrected chi connectivity index (χ0v) is 12.5. The predicted molar refractivity (Wildman–Crippen MR) is 77.9 cm³/mol. The Morgan fingerprint density at radius 2 is 2.05 bits per heavy atom. The Labute approximate surface area is 128 Å². The Hall–Kier alpha value is -1.39. The van der Waals surface area contributed by atoms with Crippen LogP contribution in [-0.4, -0.2) is 5.78 Å². The number of hydrogen-bond acceptors (Lipinski definition) is 2. The fraction of sp³-hybridized carbons (Fsp3) is 0.133. The van der Waals surface area contributed by atoms with Gasteiger partial charge in [0.05, 0.1) is 12.0 Å². The first-order valence-electron chi connectivity index (χ1n) is 5.99. The Morgan fingerprint density at radius 1 is 1.25 bits per heavy atom. The van der Waals surface area contributed by atoms with Gasteiger partial charge in [0.1, 0.15) is 17.7 Å². The first kappa shape index (κ1) is 13.6. The van der Waals surface area contributed by atoms with Crippen LogP contribution in [0.25, 0.3) is 0 Å². The number of rotatable bonds is 1. The van der Waals surface area contributed by atoms with Crippen LogP contribution in [-0.2, 0) is 0 Å². The molecule has 5 heteroatoms. The number of Topliss-reactive ketones (excluding diaryl/α,β-unsaturated/α-hetero) is 1. The maximum absolute atomic E-state index is 13.9. The molecule has 102 valence electrons. The molecule has 0 saturated heterocycles. The molecule has 0 saturated carbocycles. The maximum Gasteiger partial charge on any atom is 0.170 e. The molecule has 3 rings (SSSR count). The third-order valence-corrected chi connectivity index (χ3v) is 3.92. The summed E-state index contributed by atoms with van der Waals surface area (Å²) in [4.78, 5) is 12.2. The number of carbonyl (C=O) groups excluding carboxylic acids is 1. The Morgan fingerprint density at radius 3 is 2.85 bits per heavy atom. The second-order valence-electron chi connectivity index (χ2n) is 4.54. The van der Waals surface area contributed by atoms with Gasteiger partial charge in [-0.1, -0.05) is 27.5 Å². The quantitative estimate of drug-likeness (QED) is 0.723. The van der Waals surface area contributed by atoms with Gasteiger partial charge in [-0.2, -0.15) is 0 Å². The fourth-order valence-electron chi connectivity index (χ4n) is 2.23. The number of benzene rings is 2. The van der Waals surface area contributed by atoms with Crippen molar-refractivity contribution in [2.24, 2.45) is 0 Å². The molecule has 0 N–H and O–H groups in total. The molecule has 1 heterocycles. The third kappa shape index (κ3) is 2.45. The van der Waals surface area contributed by atoms with E-state index in [0.29, 0.717) is 21.9 Å². The van der Waals surface area contributed by atoms with Gasteiger partial charge in [-0.25, -0.2) is 4.39 Å². The highest BCUT2D eigenvalue weighted by Gasteiger charge is 2.29. The predicted octanol–water partition coefficient (Wildman–Crippen LogP) is 4.95. The Kier molecular flexibility index (Phi) is 3.52. The van der Waals surface area contributed by atoms with Crippen LogP contribution in [0.15, 0.2) is 40.9 Å². The number of fused-ring (bicyclic) bond motifs is 1. The summed E-state index contributed by atoms with van der Waals surface area (Å²) < 4.78 is 20.4. The van der Waals surface area contributed by atoms with E-state index >= 15 is 0 Å². The van der Waals surface area contributed by atoms with Crippen molar-refractivity contribution < 1.29 is 13.9 Å². The first-order chi connectivity index (χ1) is 9.54. The highest BCUT2D eigenvalue weighted by atomic mass is 79.9. The summed E-state index contributed by atoms with van der Waals surface area (Å²) >= 11 is 9.19. The van der Waals surface area contributed by atoms with Crippen molar-refractivity contribution in [1.82, 2.24) is 0 Å². The van der Waals surface area contributed by atoms with Crippen LogP contribution in [0.1, 0.15) is 28.4 Å². The molecule has 1 atom stereocenters. The van der Waals surface area contributed by atoms with Crippen molar-refractivity contribution in [3.63, 3.8) is 0 Å². The van der Waals surface area contributed by atoms with Crippen molar-refractivity contribution in [1.29, 1.82) is 0 Å². The maximum atomic E-state index is 13.9. The topological polar surface area (TPSA) is 26.3 Å². The van der Waals surface area contributed by atoms with E-state index in [1.807, 2.05) is 0 Å². The lowest BCUT2D eigenvalue weighted by Crippen LogP contribution is -2.21. The summed E-state index contributed by atoms with van der Waals surface area (Å²) in [5, 5.41) is 0.416. The van der Waals surface area contributed by atoms with Crippen LogP contribution in [0.5, 0.6) is 5.75 Å². The van der Waals surface area contributed by atoms with Gasteiger partial charge in [0.2, 0.25) is 0 Å². The van der Waals surface area contributed by atoms with E-state index in [1.54, 1.807) is 18.2 Å². The van der Waals surface area contributed by atoms with Crippen molar-refractivity contribution in [3.05, 3.63) is 62.8 Å². The van der Waals surface area contributed by atoms with Gasteiger partial charge in [-0.15, -0.1) is 0 Å². The molecule has 0 radical (unpaired) electrons. The van der Waals surface area contributed by atoms with Crippen LogP contribution in [0, 0.1) is 5.82 Å². The van der Waals surface area contributed by atoms with Crippen molar-refractivity contribution in [3.8, 4) is 5.75 Å². The monoisotopic (exact) mass is 354 g/mol. The second kappa shape index (κ2) is 5.19. The van der Waals surface area contributed by atoms with Crippen LogP contribution >= 0.6 is 27.5 Å². The van der Waals surface area contributed by atoms with E-state index in [1.165, 1.54) is 18.2 Å². The number of carbonyl (C=O) groups is 1. The molecule has 0 aromatic heterocycles. The molecule has 1 unspecified atom stereocenters. The van der Waals surface area contributed by atoms with Gasteiger partial charge in [-0.05, 0) is 36.4 Å². The minimum absolute atomic E-state index is 0.0723. The Balaban J connectivity index is 2.01. The summed E-state index contributed by atoms with van der Waals surface area (Å²) in [6.07, 6.45) is -0.546. The molecule has 20 heavy (non-hydrogen) atoms. The highest BCUT2D eigenvalue weighted by Crippen LogP contribution is 2.37. The van der Waals surface area contributed by atoms with E-state index in [4.69, 9.17) is 16.3 Å². The standard InChI is InChI=1S/C15H9BrClFO2/c16-8-1-4-14-11(5-8)13(19)7-15(20-14)10-6-9(17)2-3-12(10)18/h1-6,15H,7H2. The lowest BCUT2D eigenvalue weighted by atomic mass is 9.96. The van der Waals surface area contributed by atoms with Gasteiger partial charge in [0.15, 0.2) is 5.78 Å². The second-order valence-corrected chi connectivity index (χ2v) is 5.89. The van der Waals surface area contributed by atoms with E-state index in [-0.39, 0.29) is 12.2 Å². The molecule has 0 fully saturated rings. The van der Waals surface area contributed by atoms with E-state index < -0.39 is 11.9 Å². The molecule has 2 aromatic carbocycles. The van der Waals surface area contributed by atoms with Crippen LogP contribution in [0.2, 0.25) is 5.02 Å². The summed E-state index contributed by atoms with van der Waals surface area (Å²) in [5.41, 5.74) is 0.817. The Bertz CT molecular complexity index is 702. The summed E-state index contributed by atoms with van der Waals surface area (Å²) in [6.45, 7) is 0.